The molecular formula is C54H66F5N11O5. The van der Waals surface area contributed by atoms with Crippen LogP contribution in [0.25, 0.3) is 32.7 Å². The lowest BCUT2D eigenvalue weighted by Crippen LogP contribution is -2.45. The molecule has 21 heteroatoms. The first kappa shape index (κ1) is 55.8. The van der Waals surface area contributed by atoms with Gasteiger partial charge in [0.2, 0.25) is 0 Å². The van der Waals surface area contributed by atoms with Gasteiger partial charge in [-0.05, 0) is 81.2 Å². The average molecular weight is 1040 g/mol. The van der Waals surface area contributed by atoms with E-state index in [0.717, 1.165) is 10.3 Å². The summed E-state index contributed by atoms with van der Waals surface area (Å²) in [6.07, 6.45) is -2.20. The number of hydrogen-bond donors (Lipinski definition) is 7. The number of pyridine rings is 1. The molecule has 2 unspecified atom stereocenters. The molecule has 0 radical (unpaired) electrons. The summed E-state index contributed by atoms with van der Waals surface area (Å²) in [5, 5.41) is 15.4. The Morgan fingerprint density at radius 3 is 2.40 bits per heavy atom. The molecule has 1 aliphatic rings. The van der Waals surface area contributed by atoms with Crippen LogP contribution >= 0.6 is 0 Å². The number of fused-ring (bicyclic) bond motifs is 3. The number of amides is 1. The Labute approximate surface area is 433 Å². The summed E-state index contributed by atoms with van der Waals surface area (Å²) in [4.78, 5) is 19.6. The summed E-state index contributed by atoms with van der Waals surface area (Å²) in [6.45, 7) is 4.74. The van der Waals surface area contributed by atoms with Crippen molar-refractivity contribution in [2.45, 2.75) is 44.2 Å². The van der Waals surface area contributed by atoms with Crippen molar-refractivity contribution >= 4 is 55.7 Å². The molecule has 1 fully saturated rings. The number of benzene rings is 4. The molecule has 1 saturated heterocycles. The van der Waals surface area contributed by atoms with Gasteiger partial charge < -0.3 is 66.2 Å². The second-order valence-electron chi connectivity index (χ2n) is 18.1. The number of halogens is 5. The van der Waals surface area contributed by atoms with Crippen LogP contribution in [-0.4, -0.2) is 143 Å². The number of carbonyl (C=O) groups excluding carboxylic acids is 1. The van der Waals surface area contributed by atoms with E-state index >= 15 is 0 Å². The number of hydrazine groups is 1. The van der Waals surface area contributed by atoms with Gasteiger partial charge in [-0.25, -0.2) is 19.6 Å². The van der Waals surface area contributed by atoms with Crippen LogP contribution in [0.5, 0.6) is 5.75 Å². The maximum atomic E-state index is 14.6. The first-order chi connectivity index (χ1) is 36.2. The molecule has 0 spiro atoms. The zero-order valence-electron chi connectivity index (χ0n) is 42.0. The molecule has 75 heavy (non-hydrogen) atoms. The van der Waals surface area contributed by atoms with Crippen molar-refractivity contribution in [1.82, 2.24) is 30.1 Å². The van der Waals surface area contributed by atoms with E-state index in [2.05, 4.69) is 38.1 Å². The molecule has 10 N–H and O–H groups in total. The van der Waals surface area contributed by atoms with Crippen molar-refractivity contribution in [2.24, 2.45) is 11.6 Å². The molecule has 6 aromatic rings. The van der Waals surface area contributed by atoms with E-state index in [1.165, 1.54) is 11.1 Å². The Morgan fingerprint density at radius 1 is 0.907 bits per heavy atom. The highest BCUT2D eigenvalue weighted by Gasteiger charge is 2.31. The van der Waals surface area contributed by atoms with Crippen molar-refractivity contribution in [3.05, 3.63) is 114 Å². The van der Waals surface area contributed by atoms with Crippen molar-refractivity contribution in [3.8, 4) is 17.6 Å². The number of nitrogen functional groups attached to an aromatic ring is 1. The van der Waals surface area contributed by atoms with Crippen LogP contribution in [0.15, 0.2) is 96.8 Å². The van der Waals surface area contributed by atoms with Crippen molar-refractivity contribution < 1.29 is 45.7 Å². The van der Waals surface area contributed by atoms with E-state index in [4.69, 9.17) is 36.3 Å². The number of para-hydroxylation sites is 2. The van der Waals surface area contributed by atoms with E-state index in [9.17, 15) is 26.7 Å². The molecule has 3 heterocycles. The highest BCUT2D eigenvalue weighted by Crippen LogP contribution is 2.33. The van der Waals surface area contributed by atoms with E-state index in [1.807, 2.05) is 36.2 Å². The minimum atomic E-state index is -4.47. The van der Waals surface area contributed by atoms with Crippen LogP contribution in [0.1, 0.15) is 35.3 Å². The molecule has 1 amide bonds. The van der Waals surface area contributed by atoms with Crippen LogP contribution in [0, 0.1) is 17.7 Å². The minimum Gasteiger partial charge on any atom is -0.494 e. The molecule has 4 aromatic carbocycles. The van der Waals surface area contributed by atoms with Gasteiger partial charge in [0.05, 0.1) is 93.4 Å². The molecule has 7 rings (SSSR count). The second-order valence-corrected chi connectivity index (χ2v) is 18.1. The van der Waals surface area contributed by atoms with Gasteiger partial charge in [0.1, 0.15) is 29.8 Å². The fourth-order valence-corrected chi connectivity index (χ4v) is 8.50. The summed E-state index contributed by atoms with van der Waals surface area (Å²) in [6, 6.07) is 23.3. The number of carbonyl (C=O) groups is 1. The normalized spacial score (nSPS) is 15.1. The van der Waals surface area contributed by atoms with Crippen LogP contribution < -0.4 is 43.3 Å². The highest BCUT2D eigenvalue weighted by atomic mass is 19.4. The summed E-state index contributed by atoms with van der Waals surface area (Å²) in [7, 11) is 1.93. The number of nitrogens with zero attached hydrogens (tertiary/aromatic N) is 4. The van der Waals surface area contributed by atoms with Crippen LogP contribution in [-0.2, 0) is 20.8 Å². The first-order valence-electron chi connectivity index (χ1n) is 24.9. The number of allylic oxidation sites excluding steroid dienone is 1. The molecule has 2 aromatic heterocycles. The molecule has 402 valence electrons. The summed E-state index contributed by atoms with van der Waals surface area (Å²) in [5.74, 6) is 11.8. The fraction of sp³-hybridized carbons (Fsp3) is 0.407. The van der Waals surface area contributed by atoms with Gasteiger partial charge in [0.15, 0.2) is 0 Å². The number of nitrogens with two attached hydrogens (primary N) is 3. The fourth-order valence-electron chi connectivity index (χ4n) is 8.50. The maximum absolute atomic E-state index is 14.6. The number of alkyl halides is 4. The van der Waals surface area contributed by atoms with E-state index in [-0.39, 0.29) is 30.2 Å². The topological polar surface area (TPSA) is 204 Å². The first-order valence-corrected chi connectivity index (χ1v) is 24.9. The Kier molecular flexibility index (Phi) is 20.5. The Morgan fingerprint density at radius 2 is 1.63 bits per heavy atom. The third-order valence-electron chi connectivity index (χ3n) is 12.4. The second kappa shape index (κ2) is 27.6. The highest BCUT2D eigenvalue weighted by molar-refractivity contribution is 6.13. The van der Waals surface area contributed by atoms with Crippen molar-refractivity contribution in [1.29, 1.82) is 0 Å². The lowest BCUT2D eigenvalue weighted by Gasteiger charge is -2.28. The minimum absolute atomic E-state index is 0.128. The Hall–Kier alpha value is -6.93. The maximum Gasteiger partial charge on any atom is 0.406 e. The predicted octanol–water partition coefficient (Wildman–Crippen LogP) is 6.75. The predicted molar refractivity (Wildman–Crippen MR) is 283 cm³/mol. The number of hydrogen-bond acceptors (Lipinski definition) is 14. The number of piperidine rings is 1. The number of nitrogens with one attached hydrogen (secondary N) is 4. The van der Waals surface area contributed by atoms with Gasteiger partial charge in [-0.1, -0.05) is 42.3 Å². The standard InChI is InChI=1S/C54H66F5N11O5/c1-68(22-21-65-53(71)43-14-3-12-41-50(61)42-13-4-15-45(55)52(42)67-51(41)43)23-26-72-28-30-74-31-29-73-27-24-69(62)35-37(60)8-7-25-75-40-11-2-9-38(32-40)64-19-6-10-39-33-44-47(66-48-18-20-63-34-46(48)56)16-5-17-49(44)70(39)36-54(57,58)59/h2-5,9,11-17,32-33,35,46,48,63-64,66H,7-8,18-31,34,36,60,62H2,1H3,(H2,61,67)(H,65,71)/b37-35-. The lowest BCUT2D eigenvalue weighted by atomic mass is 10.0. The molecule has 2 atom stereocenters. The van der Waals surface area contributed by atoms with Crippen molar-refractivity contribution in [3.63, 3.8) is 0 Å². The van der Waals surface area contributed by atoms with Crippen LogP contribution in [0.2, 0.25) is 0 Å². The average Bonchev–Trinajstić information content (AvgIpc) is 3.73. The molecule has 0 bridgehead atoms. The zero-order valence-corrected chi connectivity index (χ0v) is 42.0. The number of anilines is 3. The Balaban J connectivity index is 0.711. The third-order valence-corrected chi connectivity index (χ3v) is 12.4. The molecule has 0 aliphatic carbocycles. The van der Waals surface area contributed by atoms with Gasteiger partial charge in [-0.2, -0.15) is 13.2 Å². The SMILES string of the molecule is CN(CCNC(=O)c1cccc2c(N)c3cccc(F)c3nc12)CCOCCOCCOCCN(N)/C=C(\N)CCCOc1cccc(NCC#Cc2cc3c(NC4CCNCC4F)cccc3n2CC(F)(F)F)c1. The van der Waals surface area contributed by atoms with Crippen LogP contribution in [0.4, 0.5) is 39.0 Å². The molecule has 0 saturated carbocycles. The number of rotatable bonds is 27. The number of ether oxygens (including phenoxy) is 4. The smallest absolute Gasteiger partial charge is 0.406 e. The summed E-state index contributed by atoms with van der Waals surface area (Å²) in [5.41, 5.74) is 16.2. The molecule has 1 aliphatic heterocycles. The molecular weight excluding hydrogens is 978 g/mol. The zero-order chi connectivity index (χ0) is 53.2. The number of likely N-dealkylation sites (N-methyl/N-ethyl adjacent to an activating group) is 1. The third kappa shape index (κ3) is 16.5. The van der Waals surface area contributed by atoms with E-state index < -0.39 is 30.8 Å². The monoisotopic (exact) mass is 1040 g/mol. The quantitative estimate of drug-likeness (QED) is 0.00713. The number of aromatic nitrogens is 2. The lowest BCUT2D eigenvalue weighted by molar-refractivity contribution is -0.140. The van der Waals surface area contributed by atoms with Gasteiger partial charge in [0.25, 0.3) is 5.91 Å². The van der Waals surface area contributed by atoms with E-state index in [1.54, 1.807) is 60.8 Å². The molecule has 16 nitrogen and oxygen atoms in total. The van der Waals surface area contributed by atoms with E-state index in [0.29, 0.717) is 154 Å². The van der Waals surface area contributed by atoms with Gasteiger partial charge >= 0.3 is 6.18 Å². The summed E-state index contributed by atoms with van der Waals surface area (Å²) < 4.78 is 94.2. The summed E-state index contributed by atoms with van der Waals surface area (Å²) >= 11 is 0. The van der Waals surface area contributed by atoms with Crippen LogP contribution in [0.3, 0.4) is 0 Å². The van der Waals surface area contributed by atoms with Gasteiger partial charge in [-0.15, -0.1) is 0 Å². The van der Waals surface area contributed by atoms with Gasteiger partial charge in [-0.3, -0.25) is 4.79 Å². The van der Waals surface area contributed by atoms with Crippen molar-refractivity contribution in [2.75, 3.05) is 115 Å². The Bertz CT molecular complexity index is 2930. The largest absolute Gasteiger partial charge is 0.494 e. The van der Waals surface area contributed by atoms with Gasteiger partial charge in [0, 0.05) is 71.7 Å².